The Morgan fingerprint density at radius 2 is 2.00 bits per heavy atom. The van der Waals surface area contributed by atoms with Gasteiger partial charge < -0.3 is 5.32 Å². The smallest absolute Gasteiger partial charge is 0.256 e. The van der Waals surface area contributed by atoms with E-state index < -0.39 is 0 Å². The van der Waals surface area contributed by atoms with Crippen LogP contribution in [0.3, 0.4) is 0 Å². The molecule has 2 aromatic rings. The van der Waals surface area contributed by atoms with E-state index in [2.05, 4.69) is 24.1 Å². The SMILES string of the molecule is CC(C)Sc1ccccc1C(=O)Nc1cccnc1. The molecule has 4 heteroatoms. The first kappa shape index (κ1) is 13.6. The maximum atomic E-state index is 12.3. The summed E-state index contributed by atoms with van der Waals surface area (Å²) in [4.78, 5) is 17.2. The highest BCUT2D eigenvalue weighted by atomic mass is 32.2. The van der Waals surface area contributed by atoms with Gasteiger partial charge in [0.1, 0.15) is 0 Å². The number of carbonyl (C=O) groups excluding carboxylic acids is 1. The van der Waals surface area contributed by atoms with Gasteiger partial charge in [-0.15, -0.1) is 11.8 Å². The van der Waals surface area contributed by atoms with Crippen LogP contribution in [-0.2, 0) is 0 Å². The molecule has 0 aliphatic carbocycles. The maximum Gasteiger partial charge on any atom is 0.256 e. The Hall–Kier alpha value is -1.81. The van der Waals surface area contributed by atoms with Crippen molar-refractivity contribution in [3.63, 3.8) is 0 Å². The standard InChI is InChI=1S/C15H16N2OS/c1-11(2)19-14-8-4-3-7-13(14)15(18)17-12-6-5-9-16-10-12/h3-11H,1-2H3,(H,17,18). The van der Waals surface area contributed by atoms with Gasteiger partial charge in [0.05, 0.1) is 17.4 Å². The zero-order chi connectivity index (χ0) is 13.7. The normalized spacial score (nSPS) is 10.5. The average Bonchev–Trinajstić information content (AvgIpc) is 2.39. The topological polar surface area (TPSA) is 42.0 Å². The van der Waals surface area contributed by atoms with Crippen molar-refractivity contribution >= 4 is 23.4 Å². The van der Waals surface area contributed by atoms with Crippen LogP contribution in [0.15, 0.2) is 53.7 Å². The minimum atomic E-state index is -0.100. The zero-order valence-corrected chi connectivity index (χ0v) is 11.8. The predicted octanol–water partition coefficient (Wildman–Crippen LogP) is 3.83. The van der Waals surface area contributed by atoms with Gasteiger partial charge in [-0.05, 0) is 24.3 Å². The highest BCUT2D eigenvalue weighted by Gasteiger charge is 2.12. The second-order valence-corrected chi connectivity index (χ2v) is 5.98. The summed E-state index contributed by atoms with van der Waals surface area (Å²) in [6, 6.07) is 11.3. The Morgan fingerprint density at radius 3 is 2.68 bits per heavy atom. The van der Waals surface area contributed by atoms with Crippen molar-refractivity contribution in [3.8, 4) is 0 Å². The first-order chi connectivity index (χ1) is 9.16. The Morgan fingerprint density at radius 1 is 1.21 bits per heavy atom. The van der Waals surface area contributed by atoms with Crippen molar-refractivity contribution in [2.75, 3.05) is 5.32 Å². The van der Waals surface area contributed by atoms with E-state index in [1.807, 2.05) is 30.3 Å². The van der Waals surface area contributed by atoms with E-state index in [1.54, 1.807) is 30.2 Å². The van der Waals surface area contributed by atoms with Crippen molar-refractivity contribution in [3.05, 3.63) is 54.4 Å². The summed E-state index contributed by atoms with van der Waals surface area (Å²) in [6.07, 6.45) is 3.31. The molecule has 19 heavy (non-hydrogen) atoms. The number of hydrogen-bond donors (Lipinski definition) is 1. The van der Waals surface area contributed by atoms with Crippen LogP contribution in [0.1, 0.15) is 24.2 Å². The molecule has 98 valence electrons. The fourth-order valence-electron chi connectivity index (χ4n) is 1.65. The Kier molecular flexibility index (Phi) is 4.58. The second kappa shape index (κ2) is 6.38. The fraction of sp³-hybridized carbons (Fsp3) is 0.200. The quantitative estimate of drug-likeness (QED) is 0.860. The number of amides is 1. The molecular formula is C15H16N2OS. The number of rotatable bonds is 4. The van der Waals surface area contributed by atoms with Gasteiger partial charge in [0.25, 0.3) is 5.91 Å². The number of nitrogens with one attached hydrogen (secondary N) is 1. The molecule has 0 fully saturated rings. The Labute approximate surface area is 117 Å². The van der Waals surface area contributed by atoms with Gasteiger partial charge in [-0.3, -0.25) is 9.78 Å². The molecule has 0 saturated heterocycles. The molecule has 0 aliphatic rings. The molecular weight excluding hydrogens is 256 g/mol. The summed E-state index contributed by atoms with van der Waals surface area (Å²) in [6.45, 7) is 4.22. The molecule has 0 spiro atoms. The maximum absolute atomic E-state index is 12.3. The molecule has 1 amide bonds. The predicted molar refractivity (Wildman–Crippen MR) is 79.6 cm³/mol. The first-order valence-electron chi connectivity index (χ1n) is 6.14. The monoisotopic (exact) mass is 272 g/mol. The lowest BCUT2D eigenvalue weighted by atomic mass is 10.2. The third-order valence-electron chi connectivity index (χ3n) is 2.41. The molecule has 0 bridgehead atoms. The molecule has 0 atom stereocenters. The van der Waals surface area contributed by atoms with Crippen molar-refractivity contribution in [2.45, 2.75) is 24.0 Å². The third kappa shape index (κ3) is 3.83. The summed E-state index contributed by atoms with van der Waals surface area (Å²) < 4.78 is 0. The van der Waals surface area contributed by atoms with Crippen LogP contribution < -0.4 is 5.32 Å². The Bertz CT molecular complexity index is 555. The zero-order valence-electron chi connectivity index (χ0n) is 11.0. The van der Waals surface area contributed by atoms with Gasteiger partial charge in [0.2, 0.25) is 0 Å². The molecule has 0 radical (unpaired) electrons. The van der Waals surface area contributed by atoms with Crippen LogP contribution in [0.25, 0.3) is 0 Å². The van der Waals surface area contributed by atoms with Gasteiger partial charge in [-0.2, -0.15) is 0 Å². The third-order valence-corrected chi connectivity index (χ3v) is 3.50. The van der Waals surface area contributed by atoms with Crippen LogP contribution in [0.5, 0.6) is 0 Å². The first-order valence-corrected chi connectivity index (χ1v) is 7.02. The minimum Gasteiger partial charge on any atom is -0.321 e. The number of nitrogens with zero attached hydrogens (tertiary/aromatic N) is 1. The van der Waals surface area contributed by atoms with Gasteiger partial charge in [-0.25, -0.2) is 0 Å². The number of benzene rings is 1. The summed E-state index contributed by atoms with van der Waals surface area (Å²) >= 11 is 1.69. The molecule has 0 saturated carbocycles. The fourth-order valence-corrected chi connectivity index (χ4v) is 2.60. The summed E-state index contributed by atoms with van der Waals surface area (Å²) in [5.74, 6) is -0.100. The van der Waals surface area contributed by atoms with E-state index in [9.17, 15) is 4.79 Å². The molecule has 3 nitrogen and oxygen atoms in total. The lowest BCUT2D eigenvalue weighted by Gasteiger charge is -2.11. The van der Waals surface area contributed by atoms with Crippen molar-refractivity contribution in [1.82, 2.24) is 4.98 Å². The van der Waals surface area contributed by atoms with Crippen molar-refractivity contribution < 1.29 is 4.79 Å². The molecule has 1 N–H and O–H groups in total. The summed E-state index contributed by atoms with van der Waals surface area (Å²) in [5.41, 5.74) is 1.40. The number of pyridine rings is 1. The Balaban J connectivity index is 2.19. The summed E-state index contributed by atoms with van der Waals surface area (Å²) in [5, 5.41) is 3.29. The van der Waals surface area contributed by atoms with Crippen molar-refractivity contribution in [2.24, 2.45) is 0 Å². The molecule has 1 heterocycles. The summed E-state index contributed by atoms with van der Waals surface area (Å²) in [7, 11) is 0. The van der Waals surface area contributed by atoms with Gasteiger partial charge >= 0.3 is 0 Å². The van der Waals surface area contributed by atoms with E-state index in [4.69, 9.17) is 0 Å². The van der Waals surface area contributed by atoms with Gasteiger partial charge in [-0.1, -0.05) is 26.0 Å². The second-order valence-electron chi connectivity index (χ2n) is 4.36. The van der Waals surface area contributed by atoms with Crippen molar-refractivity contribution in [1.29, 1.82) is 0 Å². The van der Waals surface area contributed by atoms with Crippen LogP contribution in [0.4, 0.5) is 5.69 Å². The van der Waals surface area contributed by atoms with E-state index in [0.717, 1.165) is 4.90 Å². The highest BCUT2D eigenvalue weighted by Crippen LogP contribution is 2.27. The number of thioether (sulfide) groups is 1. The van der Waals surface area contributed by atoms with Crippen LogP contribution >= 0.6 is 11.8 Å². The lowest BCUT2D eigenvalue weighted by Crippen LogP contribution is -2.13. The highest BCUT2D eigenvalue weighted by molar-refractivity contribution is 8.00. The molecule has 2 rings (SSSR count). The van der Waals surface area contributed by atoms with Gasteiger partial charge in [0, 0.05) is 16.3 Å². The van der Waals surface area contributed by atoms with E-state index in [-0.39, 0.29) is 5.91 Å². The van der Waals surface area contributed by atoms with E-state index >= 15 is 0 Å². The number of anilines is 1. The lowest BCUT2D eigenvalue weighted by molar-refractivity contribution is 0.102. The average molecular weight is 272 g/mol. The van der Waals surface area contributed by atoms with Crippen LogP contribution in [-0.4, -0.2) is 16.1 Å². The van der Waals surface area contributed by atoms with Gasteiger partial charge in [0.15, 0.2) is 0 Å². The van der Waals surface area contributed by atoms with Crippen LogP contribution in [0.2, 0.25) is 0 Å². The molecule has 1 aromatic carbocycles. The van der Waals surface area contributed by atoms with E-state index in [0.29, 0.717) is 16.5 Å². The van der Waals surface area contributed by atoms with E-state index in [1.165, 1.54) is 0 Å². The number of hydrogen-bond acceptors (Lipinski definition) is 3. The largest absolute Gasteiger partial charge is 0.321 e. The minimum absolute atomic E-state index is 0.100. The molecule has 1 aromatic heterocycles. The molecule has 0 aliphatic heterocycles. The number of carbonyl (C=O) groups is 1. The number of aromatic nitrogens is 1. The molecule has 0 unspecified atom stereocenters. The van der Waals surface area contributed by atoms with Crippen LogP contribution in [0, 0.1) is 0 Å².